The molecule has 0 radical (unpaired) electrons. The minimum Gasteiger partial charge on any atom is -0.378 e. The smallest absolute Gasteiger partial charge is 0.0552 e. The molecule has 0 aromatic heterocycles. The molecule has 3 unspecified atom stereocenters. The van der Waals surface area contributed by atoms with Gasteiger partial charge in [-0.2, -0.15) is 0 Å². The summed E-state index contributed by atoms with van der Waals surface area (Å²) in [6, 6.07) is 0.485. The lowest BCUT2D eigenvalue weighted by molar-refractivity contribution is -0.00636. The quantitative estimate of drug-likeness (QED) is 0.544. The maximum atomic E-state index is 5.84. The van der Waals surface area contributed by atoms with E-state index in [1.807, 2.05) is 0 Å². The number of nitrogens with two attached hydrogens (primary N) is 1. The molecule has 1 saturated heterocycles. The van der Waals surface area contributed by atoms with Crippen molar-refractivity contribution in [3.05, 3.63) is 0 Å². The molecule has 2 nitrogen and oxygen atoms in total. The zero-order valence-corrected chi connectivity index (χ0v) is 6.47. The average Bonchev–Trinajstić information content (AvgIpc) is 2.41. The molecular weight excluding hydrogens is 126 g/mol. The van der Waals surface area contributed by atoms with Gasteiger partial charge < -0.3 is 10.5 Å². The summed E-state index contributed by atoms with van der Waals surface area (Å²) in [6.07, 6.45) is 4.07. The number of hydrogen-bond acceptors (Lipinski definition) is 2. The molecule has 1 aliphatic carbocycles. The molecule has 1 saturated carbocycles. The third-order valence-corrected chi connectivity index (χ3v) is 2.95. The Morgan fingerprint density at radius 1 is 1.50 bits per heavy atom. The monoisotopic (exact) mass is 141 g/mol. The van der Waals surface area contributed by atoms with Crippen molar-refractivity contribution >= 4 is 0 Å². The van der Waals surface area contributed by atoms with E-state index in [2.05, 4.69) is 6.92 Å². The van der Waals surface area contributed by atoms with Gasteiger partial charge in [-0.1, -0.05) is 0 Å². The fourth-order valence-electron chi connectivity index (χ4n) is 2.10. The molecule has 2 N–H and O–H groups in total. The summed E-state index contributed by atoms with van der Waals surface area (Å²) in [4.78, 5) is 0. The molecule has 3 atom stereocenters. The Balaban J connectivity index is 1.99. The molecular formula is C8H15NO. The van der Waals surface area contributed by atoms with Gasteiger partial charge in [-0.25, -0.2) is 0 Å². The summed E-state index contributed by atoms with van der Waals surface area (Å²) < 4.78 is 5.45. The van der Waals surface area contributed by atoms with E-state index in [1.54, 1.807) is 0 Å². The summed E-state index contributed by atoms with van der Waals surface area (Å²) in [6.45, 7) is 3.07. The first-order chi connectivity index (χ1) is 4.73. The Morgan fingerprint density at radius 2 is 2.20 bits per heavy atom. The van der Waals surface area contributed by atoms with Crippen LogP contribution in [0.2, 0.25) is 0 Å². The predicted molar refractivity (Wildman–Crippen MR) is 39.7 cm³/mol. The first-order valence-electron chi connectivity index (χ1n) is 4.10. The second-order valence-corrected chi connectivity index (χ2v) is 3.81. The van der Waals surface area contributed by atoms with Gasteiger partial charge in [0.05, 0.1) is 6.10 Å². The van der Waals surface area contributed by atoms with Crippen molar-refractivity contribution in [2.45, 2.75) is 38.3 Å². The van der Waals surface area contributed by atoms with E-state index < -0.39 is 0 Å². The van der Waals surface area contributed by atoms with Gasteiger partial charge in [-0.3, -0.25) is 0 Å². The Bertz CT molecular complexity index is 148. The number of hydrogen-bond donors (Lipinski definition) is 1. The fraction of sp³-hybridized carbons (Fsp3) is 1.00. The van der Waals surface area contributed by atoms with Crippen LogP contribution in [-0.4, -0.2) is 18.8 Å². The third-order valence-electron chi connectivity index (χ3n) is 2.95. The minimum atomic E-state index is 0.447. The highest BCUT2D eigenvalue weighted by Gasteiger charge is 2.53. The SMILES string of the molecule is CC1CC2(CCO1)CC2N. The Kier molecular flexibility index (Phi) is 1.29. The van der Waals surface area contributed by atoms with Crippen LogP contribution in [0.3, 0.4) is 0 Å². The molecule has 10 heavy (non-hydrogen) atoms. The Labute approximate surface area is 61.7 Å². The molecule has 0 aromatic rings. The standard InChI is InChI=1S/C8H15NO/c1-6-4-8(2-3-10-6)5-7(8)9/h6-7H,2-5,9H2,1H3. The van der Waals surface area contributed by atoms with Gasteiger partial charge in [0.2, 0.25) is 0 Å². The number of rotatable bonds is 0. The van der Waals surface area contributed by atoms with Crippen molar-refractivity contribution in [3.8, 4) is 0 Å². The van der Waals surface area contributed by atoms with Crippen LogP contribution in [0.25, 0.3) is 0 Å². The van der Waals surface area contributed by atoms with Crippen LogP contribution >= 0.6 is 0 Å². The Hall–Kier alpha value is -0.0800. The van der Waals surface area contributed by atoms with Crippen molar-refractivity contribution in [1.29, 1.82) is 0 Å². The predicted octanol–water partition coefficient (Wildman–Crippen LogP) is 0.903. The lowest BCUT2D eigenvalue weighted by Crippen LogP contribution is -2.28. The highest BCUT2D eigenvalue weighted by molar-refractivity contribution is 5.07. The molecule has 0 aromatic carbocycles. The normalized spacial score (nSPS) is 53.4. The van der Waals surface area contributed by atoms with Gasteiger partial charge in [0, 0.05) is 12.6 Å². The van der Waals surface area contributed by atoms with E-state index in [4.69, 9.17) is 10.5 Å². The maximum Gasteiger partial charge on any atom is 0.0552 e. The van der Waals surface area contributed by atoms with Gasteiger partial charge in [-0.05, 0) is 31.6 Å². The first kappa shape index (κ1) is 6.62. The van der Waals surface area contributed by atoms with E-state index in [1.165, 1.54) is 19.3 Å². The van der Waals surface area contributed by atoms with E-state index in [0.29, 0.717) is 17.6 Å². The van der Waals surface area contributed by atoms with Crippen molar-refractivity contribution in [1.82, 2.24) is 0 Å². The molecule has 2 heteroatoms. The van der Waals surface area contributed by atoms with E-state index in [0.717, 1.165) is 6.61 Å². The summed E-state index contributed by atoms with van der Waals surface area (Å²) >= 11 is 0. The highest BCUT2D eigenvalue weighted by atomic mass is 16.5. The van der Waals surface area contributed by atoms with Crippen LogP contribution in [0.1, 0.15) is 26.2 Å². The minimum absolute atomic E-state index is 0.447. The molecule has 1 heterocycles. The molecule has 1 spiro atoms. The second kappa shape index (κ2) is 1.95. The van der Waals surface area contributed by atoms with Crippen molar-refractivity contribution in [2.75, 3.05) is 6.61 Å². The third kappa shape index (κ3) is 0.867. The average molecular weight is 141 g/mol. The molecule has 0 bridgehead atoms. The Morgan fingerprint density at radius 3 is 2.60 bits per heavy atom. The topological polar surface area (TPSA) is 35.2 Å². The fourth-order valence-corrected chi connectivity index (χ4v) is 2.10. The van der Waals surface area contributed by atoms with Crippen molar-refractivity contribution < 1.29 is 4.74 Å². The van der Waals surface area contributed by atoms with Gasteiger partial charge >= 0.3 is 0 Å². The van der Waals surface area contributed by atoms with Crippen LogP contribution in [0.4, 0.5) is 0 Å². The van der Waals surface area contributed by atoms with Gasteiger partial charge in [0.1, 0.15) is 0 Å². The molecule has 58 valence electrons. The van der Waals surface area contributed by atoms with Gasteiger partial charge in [0.15, 0.2) is 0 Å². The zero-order valence-electron chi connectivity index (χ0n) is 6.47. The lowest BCUT2D eigenvalue weighted by atomic mass is 9.92. The van der Waals surface area contributed by atoms with Crippen LogP contribution in [0.5, 0.6) is 0 Å². The van der Waals surface area contributed by atoms with E-state index >= 15 is 0 Å². The molecule has 2 fully saturated rings. The van der Waals surface area contributed by atoms with Crippen LogP contribution in [-0.2, 0) is 4.74 Å². The molecule has 2 rings (SSSR count). The summed E-state index contributed by atoms with van der Waals surface area (Å²) in [7, 11) is 0. The second-order valence-electron chi connectivity index (χ2n) is 3.81. The maximum absolute atomic E-state index is 5.84. The van der Waals surface area contributed by atoms with Gasteiger partial charge in [-0.15, -0.1) is 0 Å². The van der Waals surface area contributed by atoms with Crippen LogP contribution < -0.4 is 5.73 Å². The molecule has 0 amide bonds. The van der Waals surface area contributed by atoms with Crippen LogP contribution in [0, 0.1) is 5.41 Å². The summed E-state index contributed by atoms with van der Waals surface area (Å²) in [5.74, 6) is 0. The zero-order chi connectivity index (χ0) is 7.19. The summed E-state index contributed by atoms with van der Waals surface area (Å²) in [5.41, 5.74) is 6.35. The highest BCUT2D eigenvalue weighted by Crippen LogP contribution is 2.53. The van der Waals surface area contributed by atoms with E-state index in [9.17, 15) is 0 Å². The van der Waals surface area contributed by atoms with Crippen molar-refractivity contribution in [2.24, 2.45) is 11.1 Å². The lowest BCUT2D eigenvalue weighted by Gasteiger charge is -2.27. The van der Waals surface area contributed by atoms with Crippen LogP contribution in [0.15, 0.2) is 0 Å². The largest absolute Gasteiger partial charge is 0.378 e. The first-order valence-corrected chi connectivity index (χ1v) is 4.10. The molecule has 1 aliphatic heterocycles. The summed E-state index contributed by atoms with van der Waals surface area (Å²) in [5, 5.41) is 0. The number of ether oxygens (including phenoxy) is 1. The van der Waals surface area contributed by atoms with Gasteiger partial charge in [0.25, 0.3) is 0 Å². The van der Waals surface area contributed by atoms with E-state index in [-0.39, 0.29) is 0 Å². The van der Waals surface area contributed by atoms with Crippen molar-refractivity contribution in [3.63, 3.8) is 0 Å². The molecule has 2 aliphatic rings.